The van der Waals surface area contributed by atoms with Gasteiger partial charge in [0, 0.05) is 27.2 Å². The molecule has 1 aromatic carbocycles. The Morgan fingerprint density at radius 3 is 2.26 bits per heavy atom. The quantitative estimate of drug-likeness (QED) is 0.390. The highest BCUT2D eigenvalue weighted by atomic mass is 127. The third kappa shape index (κ3) is 6.32. The average Bonchev–Trinajstić information content (AvgIpc) is 2.54. The van der Waals surface area contributed by atoms with Gasteiger partial charge in [-0.1, -0.05) is 13.3 Å². The number of benzene rings is 1. The van der Waals surface area contributed by atoms with Crippen LogP contribution in [0.25, 0.3) is 0 Å². The molecule has 1 rings (SSSR count). The lowest BCUT2D eigenvalue weighted by Gasteiger charge is -2.22. The largest absolute Gasteiger partial charge is 0.502 e. The van der Waals surface area contributed by atoms with E-state index in [4.69, 9.17) is 9.47 Å². The molecule has 2 N–H and O–H groups in total. The highest BCUT2D eigenvalue weighted by Crippen LogP contribution is 2.36. The molecule has 0 radical (unpaired) electrons. The third-order valence-electron chi connectivity index (χ3n) is 3.41. The molecule has 0 fully saturated rings. The molecule has 0 atom stereocenters. The molecule has 0 saturated heterocycles. The SMILES string of the molecule is CCCCN(C)C(=NC)NCc1cc(OC)c(O)c(OC)c1.I. The average molecular weight is 437 g/mol. The van der Waals surface area contributed by atoms with Gasteiger partial charge in [0.2, 0.25) is 5.75 Å². The second kappa shape index (κ2) is 11.2. The number of nitrogens with one attached hydrogen (secondary N) is 1. The van der Waals surface area contributed by atoms with Crippen molar-refractivity contribution in [2.24, 2.45) is 4.99 Å². The zero-order valence-corrected chi connectivity index (χ0v) is 16.9. The van der Waals surface area contributed by atoms with Gasteiger partial charge >= 0.3 is 0 Å². The Labute approximate surface area is 155 Å². The zero-order valence-electron chi connectivity index (χ0n) is 14.5. The Kier molecular flexibility index (Phi) is 10.5. The molecule has 23 heavy (non-hydrogen) atoms. The van der Waals surface area contributed by atoms with Crippen molar-refractivity contribution in [3.63, 3.8) is 0 Å². The maximum absolute atomic E-state index is 9.92. The molecule has 6 nitrogen and oxygen atoms in total. The number of unbranched alkanes of at least 4 members (excludes halogenated alkanes) is 1. The normalized spacial score (nSPS) is 10.7. The van der Waals surface area contributed by atoms with Crippen molar-refractivity contribution in [2.75, 3.05) is 34.9 Å². The van der Waals surface area contributed by atoms with Crippen molar-refractivity contribution >= 4 is 29.9 Å². The fourth-order valence-corrected chi connectivity index (χ4v) is 2.12. The number of aromatic hydroxyl groups is 1. The molecule has 0 unspecified atom stereocenters. The van der Waals surface area contributed by atoms with Crippen LogP contribution in [-0.4, -0.2) is 50.8 Å². The summed E-state index contributed by atoms with van der Waals surface area (Å²) in [6.07, 6.45) is 2.27. The predicted molar refractivity (Wildman–Crippen MR) is 104 cm³/mol. The van der Waals surface area contributed by atoms with E-state index in [1.165, 1.54) is 14.2 Å². The Bertz CT molecular complexity index is 484. The molecule has 0 aliphatic rings. The zero-order chi connectivity index (χ0) is 16.5. The van der Waals surface area contributed by atoms with Crippen LogP contribution < -0.4 is 14.8 Å². The second-order valence-corrected chi connectivity index (χ2v) is 5.02. The van der Waals surface area contributed by atoms with E-state index < -0.39 is 0 Å². The van der Waals surface area contributed by atoms with E-state index in [-0.39, 0.29) is 29.7 Å². The van der Waals surface area contributed by atoms with Crippen molar-refractivity contribution in [2.45, 2.75) is 26.3 Å². The monoisotopic (exact) mass is 437 g/mol. The number of methoxy groups -OCH3 is 2. The fraction of sp³-hybridized carbons (Fsp3) is 0.562. The first-order chi connectivity index (χ1) is 10.6. The van der Waals surface area contributed by atoms with Gasteiger partial charge < -0.3 is 24.8 Å². The van der Waals surface area contributed by atoms with E-state index in [1.807, 2.05) is 7.05 Å². The van der Waals surface area contributed by atoms with Gasteiger partial charge in [-0.3, -0.25) is 4.99 Å². The van der Waals surface area contributed by atoms with E-state index in [1.54, 1.807) is 19.2 Å². The molecule has 0 aromatic heterocycles. The van der Waals surface area contributed by atoms with Crippen molar-refractivity contribution < 1.29 is 14.6 Å². The molecule has 1 aromatic rings. The summed E-state index contributed by atoms with van der Waals surface area (Å²) in [5.41, 5.74) is 0.941. The first-order valence-corrected chi connectivity index (χ1v) is 7.43. The van der Waals surface area contributed by atoms with E-state index in [2.05, 4.69) is 22.1 Å². The van der Waals surface area contributed by atoms with E-state index in [0.29, 0.717) is 18.0 Å². The highest BCUT2D eigenvalue weighted by molar-refractivity contribution is 14.0. The minimum Gasteiger partial charge on any atom is -0.502 e. The highest BCUT2D eigenvalue weighted by Gasteiger charge is 2.12. The van der Waals surface area contributed by atoms with Crippen molar-refractivity contribution in [3.05, 3.63) is 17.7 Å². The van der Waals surface area contributed by atoms with Crippen molar-refractivity contribution in [1.82, 2.24) is 10.2 Å². The number of rotatable bonds is 7. The summed E-state index contributed by atoms with van der Waals surface area (Å²) in [7, 11) is 6.82. The van der Waals surface area contributed by atoms with Gasteiger partial charge in [0.15, 0.2) is 17.5 Å². The van der Waals surface area contributed by atoms with Crippen molar-refractivity contribution in [1.29, 1.82) is 0 Å². The molecule has 0 saturated carbocycles. The minimum absolute atomic E-state index is 0. The number of ether oxygens (including phenoxy) is 2. The number of halogens is 1. The minimum atomic E-state index is 0. The standard InChI is InChI=1S/C16H27N3O3.HI/c1-6-7-8-19(3)16(17-2)18-11-12-9-13(21-4)15(20)14(10-12)22-5;/h9-10,20H,6-8,11H2,1-5H3,(H,17,18);1H. The molecule has 0 bridgehead atoms. The van der Waals surface area contributed by atoms with E-state index in [9.17, 15) is 5.11 Å². The summed E-state index contributed by atoms with van der Waals surface area (Å²) in [5, 5.41) is 13.2. The summed E-state index contributed by atoms with van der Waals surface area (Å²) in [4.78, 5) is 6.37. The molecule has 0 aliphatic heterocycles. The Balaban J connectivity index is 0.00000484. The number of phenolic OH excluding ortho intramolecular Hbond substituents is 1. The molecule has 132 valence electrons. The van der Waals surface area contributed by atoms with Crippen LogP contribution in [0.1, 0.15) is 25.3 Å². The second-order valence-electron chi connectivity index (χ2n) is 5.02. The maximum atomic E-state index is 9.92. The summed E-state index contributed by atoms with van der Waals surface area (Å²) < 4.78 is 10.3. The summed E-state index contributed by atoms with van der Waals surface area (Å²) in [6, 6.07) is 3.56. The van der Waals surface area contributed by atoms with Gasteiger partial charge in [0.05, 0.1) is 14.2 Å². The predicted octanol–water partition coefficient (Wildman–Crippen LogP) is 2.83. The molecule has 7 heteroatoms. The molecular formula is C16H28IN3O3. The molecule has 0 aliphatic carbocycles. The Hall–Kier alpha value is -1.38. The Morgan fingerprint density at radius 1 is 1.26 bits per heavy atom. The lowest BCUT2D eigenvalue weighted by molar-refractivity contribution is 0.339. The maximum Gasteiger partial charge on any atom is 0.200 e. The van der Waals surface area contributed by atoms with Crippen LogP contribution in [0, 0.1) is 0 Å². The summed E-state index contributed by atoms with van der Waals surface area (Å²) in [5.74, 6) is 1.63. The van der Waals surface area contributed by atoms with E-state index >= 15 is 0 Å². The Morgan fingerprint density at radius 2 is 1.83 bits per heavy atom. The van der Waals surface area contributed by atoms with Crippen LogP contribution in [0.2, 0.25) is 0 Å². The van der Waals surface area contributed by atoms with Gasteiger partial charge in [-0.05, 0) is 24.1 Å². The molecule has 0 amide bonds. The van der Waals surface area contributed by atoms with Gasteiger partial charge in [-0.15, -0.1) is 24.0 Å². The third-order valence-corrected chi connectivity index (χ3v) is 3.41. The van der Waals surface area contributed by atoms with Crippen LogP contribution in [0.5, 0.6) is 17.2 Å². The van der Waals surface area contributed by atoms with Crippen LogP contribution in [0.15, 0.2) is 17.1 Å². The number of hydrogen-bond acceptors (Lipinski definition) is 4. The number of hydrogen-bond donors (Lipinski definition) is 2. The molecule has 0 spiro atoms. The lowest BCUT2D eigenvalue weighted by atomic mass is 10.2. The molecule has 0 heterocycles. The first-order valence-electron chi connectivity index (χ1n) is 7.43. The number of phenols is 1. The lowest BCUT2D eigenvalue weighted by Crippen LogP contribution is -2.38. The topological polar surface area (TPSA) is 66.3 Å². The van der Waals surface area contributed by atoms with Crippen LogP contribution in [-0.2, 0) is 6.54 Å². The van der Waals surface area contributed by atoms with Gasteiger partial charge in [0.25, 0.3) is 0 Å². The van der Waals surface area contributed by atoms with Crippen LogP contribution in [0.3, 0.4) is 0 Å². The number of nitrogens with zero attached hydrogens (tertiary/aromatic N) is 2. The van der Waals surface area contributed by atoms with Gasteiger partial charge in [-0.2, -0.15) is 0 Å². The van der Waals surface area contributed by atoms with Gasteiger partial charge in [-0.25, -0.2) is 0 Å². The van der Waals surface area contributed by atoms with E-state index in [0.717, 1.165) is 30.9 Å². The fourth-order valence-electron chi connectivity index (χ4n) is 2.12. The van der Waals surface area contributed by atoms with Crippen LogP contribution >= 0.6 is 24.0 Å². The first kappa shape index (κ1) is 21.6. The van der Waals surface area contributed by atoms with Crippen LogP contribution in [0.4, 0.5) is 0 Å². The number of guanidine groups is 1. The number of aliphatic imine (C=N–C) groups is 1. The summed E-state index contributed by atoms with van der Waals surface area (Å²) >= 11 is 0. The van der Waals surface area contributed by atoms with Gasteiger partial charge in [0.1, 0.15) is 0 Å². The van der Waals surface area contributed by atoms with Crippen molar-refractivity contribution in [3.8, 4) is 17.2 Å². The summed E-state index contributed by atoms with van der Waals surface area (Å²) in [6.45, 7) is 3.69. The molecular weight excluding hydrogens is 409 g/mol. The smallest absolute Gasteiger partial charge is 0.200 e.